The van der Waals surface area contributed by atoms with E-state index >= 15 is 0 Å². The second-order valence-electron chi connectivity index (χ2n) is 5.26. The molecule has 122 valence electrons. The number of nitrogen functional groups attached to an aromatic ring is 1. The van der Waals surface area contributed by atoms with Crippen LogP contribution in [0, 0.1) is 0 Å². The molecule has 2 rings (SSSR count). The fourth-order valence-corrected chi connectivity index (χ4v) is 2.82. The van der Waals surface area contributed by atoms with Gasteiger partial charge < -0.3 is 5.73 Å². The van der Waals surface area contributed by atoms with Gasteiger partial charge in [0.05, 0.1) is 11.4 Å². The molecule has 0 aromatic heterocycles. The molecule has 0 aliphatic heterocycles. The molecule has 0 atom stereocenters. The van der Waals surface area contributed by atoms with Gasteiger partial charge in [-0.05, 0) is 35.8 Å². The normalized spacial score (nSPS) is 12.4. The largest absolute Gasteiger partial charge is 0.397 e. The second-order valence-corrected chi connectivity index (χ2v) is 7.14. The van der Waals surface area contributed by atoms with E-state index in [0.29, 0.717) is 11.4 Å². The van der Waals surface area contributed by atoms with E-state index in [0.717, 1.165) is 21.0 Å². The first-order valence-corrected chi connectivity index (χ1v) is 8.61. The molecule has 0 aliphatic carbocycles. The number of nitrogens with zero attached hydrogens (tertiary/aromatic N) is 1. The quantitative estimate of drug-likeness (QED) is 0.827. The Morgan fingerprint density at radius 1 is 1.09 bits per heavy atom. The molecule has 0 unspecified atom stereocenters. The molecule has 2 aromatic carbocycles. The average Bonchev–Trinajstić information content (AvgIpc) is 2.51. The molecule has 0 fully saturated rings. The van der Waals surface area contributed by atoms with E-state index < -0.39 is 10.2 Å². The monoisotopic (exact) mass is 331 g/mol. The lowest BCUT2D eigenvalue weighted by Gasteiger charge is -2.16. The van der Waals surface area contributed by atoms with E-state index in [1.165, 1.54) is 14.1 Å². The standard InChI is InChI=1S/C17H21N3O2S/c1-4-15(13-8-6-5-7-9-13)14-10-11-17(16(18)12-14)19-23(21,22)20(2)3/h4-12,19H,18H2,1-3H3/b15-4-. The van der Waals surface area contributed by atoms with Crippen LogP contribution in [0.15, 0.2) is 54.6 Å². The Bertz CT molecular complexity index is 813. The molecule has 23 heavy (non-hydrogen) atoms. The van der Waals surface area contributed by atoms with Gasteiger partial charge in [0, 0.05) is 14.1 Å². The minimum Gasteiger partial charge on any atom is -0.397 e. The highest BCUT2D eigenvalue weighted by Crippen LogP contribution is 2.29. The summed E-state index contributed by atoms with van der Waals surface area (Å²) in [5.74, 6) is 0. The molecular formula is C17H21N3O2S. The highest BCUT2D eigenvalue weighted by molar-refractivity contribution is 7.90. The Morgan fingerprint density at radius 2 is 1.74 bits per heavy atom. The lowest BCUT2D eigenvalue weighted by Crippen LogP contribution is -2.29. The van der Waals surface area contributed by atoms with Crippen molar-refractivity contribution in [2.45, 2.75) is 6.92 Å². The van der Waals surface area contributed by atoms with Gasteiger partial charge in [0.2, 0.25) is 0 Å². The van der Waals surface area contributed by atoms with Gasteiger partial charge in [-0.15, -0.1) is 0 Å². The summed E-state index contributed by atoms with van der Waals surface area (Å²) in [7, 11) is -0.659. The Hall–Kier alpha value is -2.31. The lowest BCUT2D eigenvalue weighted by atomic mass is 9.97. The van der Waals surface area contributed by atoms with Crippen molar-refractivity contribution in [2.24, 2.45) is 0 Å². The Balaban J connectivity index is 2.36. The van der Waals surface area contributed by atoms with Crippen LogP contribution in [0.25, 0.3) is 5.57 Å². The SMILES string of the molecule is C/C=C(/c1ccccc1)c1ccc(NS(=O)(=O)N(C)C)c(N)c1. The number of rotatable bonds is 5. The molecular weight excluding hydrogens is 310 g/mol. The van der Waals surface area contributed by atoms with E-state index in [-0.39, 0.29) is 0 Å². The number of benzene rings is 2. The Kier molecular flexibility index (Phi) is 5.08. The number of nitrogens with one attached hydrogen (secondary N) is 1. The summed E-state index contributed by atoms with van der Waals surface area (Å²) in [4.78, 5) is 0. The van der Waals surface area contributed by atoms with Gasteiger partial charge in [-0.2, -0.15) is 12.7 Å². The average molecular weight is 331 g/mol. The lowest BCUT2D eigenvalue weighted by molar-refractivity contribution is 0.527. The third-order valence-corrected chi connectivity index (χ3v) is 4.89. The molecule has 0 bridgehead atoms. The number of hydrogen-bond acceptors (Lipinski definition) is 3. The molecule has 0 aliphatic rings. The summed E-state index contributed by atoms with van der Waals surface area (Å²) in [5, 5.41) is 0. The van der Waals surface area contributed by atoms with E-state index in [2.05, 4.69) is 4.72 Å². The third-order valence-electron chi connectivity index (χ3n) is 3.46. The van der Waals surface area contributed by atoms with E-state index in [1.807, 2.05) is 49.4 Å². The summed E-state index contributed by atoms with van der Waals surface area (Å²) < 4.78 is 27.4. The summed E-state index contributed by atoms with van der Waals surface area (Å²) in [5.41, 5.74) is 9.83. The summed E-state index contributed by atoms with van der Waals surface area (Å²) in [6.07, 6.45) is 2.01. The van der Waals surface area contributed by atoms with Crippen molar-refractivity contribution >= 4 is 27.2 Å². The molecule has 5 nitrogen and oxygen atoms in total. The predicted octanol–water partition coefficient (Wildman–Crippen LogP) is 2.94. The maximum Gasteiger partial charge on any atom is 0.301 e. The van der Waals surface area contributed by atoms with E-state index in [1.54, 1.807) is 12.1 Å². The second kappa shape index (κ2) is 6.85. The first kappa shape index (κ1) is 17.1. The van der Waals surface area contributed by atoms with Crippen LogP contribution < -0.4 is 10.5 Å². The first-order valence-electron chi connectivity index (χ1n) is 7.17. The van der Waals surface area contributed by atoms with Crippen molar-refractivity contribution in [3.05, 3.63) is 65.7 Å². The summed E-state index contributed by atoms with van der Waals surface area (Å²) in [6, 6.07) is 15.3. The molecule has 0 saturated carbocycles. The molecule has 2 aromatic rings. The Labute approximate surface area is 137 Å². The van der Waals surface area contributed by atoms with Gasteiger partial charge in [0.1, 0.15) is 0 Å². The number of anilines is 2. The van der Waals surface area contributed by atoms with Crippen molar-refractivity contribution in [1.29, 1.82) is 0 Å². The van der Waals surface area contributed by atoms with Gasteiger partial charge in [-0.1, -0.05) is 42.5 Å². The van der Waals surface area contributed by atoms with Crippen molar-refractivity contribution in [3.8, 4) is 0 Å². The topological polar surface area (TPSA) is 75.4 Å². The van der Waals surface area contributed by atoms with E-state index in [9.17, 15) is 8.42 Å². The zero-order valence-corrected chi connectivity index (χ0v) is 14.3. The number of nitrogens with two attached hydrogens (primary N) is 1. The molecule has 6 heteroatoms. The van der Waals surface area contributed by atoms with Crippen LogP contribution in [0.3, 0.4) is 0 Å². The third kappa shape index (κ3) is 3.91. The zero-order chi connectivity index (χ0) is 17.0. The van der Waals surface area contributed by atoms with Gasteiger partial charge in [-0.3, -0.25) is 4.72 Å². The molecule has 0 amide bonds. The van der Waals surface area contributed by atoms with Crippen molar-refractivity contribution in [2.75, 3.05) is 24.6 Å². The van der Waals surface area contributed by atoms with Gasteiger partial charge >= 0.3 is 10.2 Å². The Morgan fingerprint density at radius 3 is 2.26 bits per heavy atom. The van der Waals surface area contributed by atoms with Crippen LogP contribution in [0.2, 0.25) is 0 Å². The fourth-order valence-electron chi connectivity index (χ4n) is 2.17. The van der Waals surface area contributed by atoms with Crippen molar-refractivity contribution in [3.63, 3.8) is 0 Å². The maximum absolute atomic E-state index is 11.9. The smallest absolute Gasteiger partial charge is 0.301 e. The van der Waals surface area contributed by atoms with Gasteiger partial charge in [0.25, 0.3) is 0 Å². The molecule has 0 radical (unpaired) electrons. The van der Waals surface area contributed by atoms with Crippen LogP contribution in [-0.4, -0.2) is 26.8 Å². The fraction of sp³-hybridized carbons (Fsp3) is 0.176. The summed E-state index contributed by atoms with van der Waals surface area (Å²) in [6.45, 7) is 1.96. The molecule has 3 N–H and O–H groups in total. The maximum atomic E-state index is 11.9. The van der Waals surface area contributed by atoms with Crippen LogP contribution in [0.5, 0.6) is 0 Å². The minimum absolute atomic E-state index is 0.367. The van der Waals surface area contributed by atoms with Crippen molar-refractivity contribution < 1.29 is 8.42 Å². The van der Waals surface area contributed by atoms with Gasteiger partial charge in [-0.25, -0.2) is 0 Å². The van der Waals surface area contributed by atoms with E-state index in [4.69, 9.17) is 5.73 Å². The molecule has 0 saturated heterocycles. The van der Waals surface area contributed by atoms with Crippen LogP contribution in [0.4, 0.5) is 11.4 Å². The number of hydrogen-bond donors (Lipinski definition) is 2. The first-order chi connectivity index (χ1) is 10.8. The zero-order valence-electron chi connectivity index (χ0n) is 13.4. The van der Waals surface area contributed by atoms with Crippen molar-refractivity contribution in [1.82, 2.24) is 4.31 Å². The van der Waals surface area contributed by atoms with Crippen LogP contribution in [-0.2, 0) is 10.2 Å². The predicted molar refractivity (Wildman–Crippen MR) is 96.3 cm³/mol. The summed E-state index contributed by atoms with van der Waals surface area (Å²) >= 11 is 0. The molecule has 0 heterocycles. The van der Waals surface area contributed by atoms with Gasteiger partial charge in [0.15, 0.2) is 0 Å². The molecule has 0 spiro atoms. The van der Waals surface area contributed by atoms with Crippen LogP contribution >= 0.6 is 0 Å². The number of allylic oxidation sites excluding steroid dienone is 1. The highest BCUT2D eigenvalue weighted by atomic mass is 32.2. The highest BCUT2D eigenvalue weighted by Gasteiger charge is 2.15. The van der Waals surface area contributed by atoms with Crippen LogP contribution in [0.1, 0.15) is 18.1 Å². The minimum atomic E-state index is -3.58.